The average Bonchev–Trinajstić information content (AvgIpc) is 2.67. The maximum Gasteiger partial charge on any atom is 0.417 e. The normalized spacial score (nSPS) is 12.9. The van der Waals surface area contributed by atoms with Gasteiger partial charge in [0, 0.05) is 24.0 Å². The Morgan fingerprint density at radius 3 is 2.03 bits per heavy atom. The molecule has 0 saturated heterocycles. The minimum Gasteiger partial charge on any atom is -0.388 e. The number of aromatic nitrogens is 1. The number of aliphatic imine (C=N–C) groups is 1. The van der Waals surface area contributed by atoms with Gasteiger partial charge < -0.3 is 5.73 Å². The third-order valence-electron chi connectivity index (χ3n) is 3.79. The van der Waals surface area contributed by atoms with E-state index < -0.39 is 61.7 Å². The van der Waals surface area contributed by atoms with E-state index in [4.69, 9.17) is 39.5 Å². The minimum atomic E-state index is -5.05. The molecule has 0 amide bonds. The number of halogens is 8. The van der Waals surface area contributed by atoms with Crippen LogP contribution in [-0.4, -0.2) is 10.8 Å². The van der Waals surface area contributed by atoms with Crippen LogP contribution in [0.3, 0.4) is 0 Å². The number of hydrogen-bond donors (Lipinski definition) is 1. The Balaban J connectivity index is 2.82. The van der Waals surface area contributed by atoms with Crippen molar-refractivity contribution < 1.29 is 26.3 Å². The quantitative estimate of drug-likeness (QED) is 0.375. The predicted octanol–water partition coefficient (Wildman–Crippen LogP) is 4.82. The Hall–Kier alpha value is -3.48. The number of rotatable bonds is 3. The van der Waals surface area contributed by atoms with Crippen molar-refractivity contribution in [3.8, 4) is 17.8 Å². The molecule has 2 N–H and O–H groups in total. The van der Waals surface area contributed by atoms with Crippen molar-refractivity contribution in [3.05, 3.63) is 72.9 Å². The van der Waals surface area contributed by atoms with Crippen LogP contribution in [0.4, 0.5) is 26.3 Å². The zero-order valence-electron chi connectivity index (χ0n) is 15.2. The monoisotopic (exact) mass is 493 g/mol. The lowest BCUT2D eigenvalue weighted by atomic mass is 10.1. The first-order valence-electron chi connectivity index (χ1n) is 7.95. The fraction of sp³-hybridized carbons (Fsp3) is 0.111. The van der Waals surface area contributed by atoms with Crippen molar-refractivity contribution in [2.75, 3.05) is 0 Å². The summed E-state index contributed by atoms with van der Waals surface area (Å²) in [5.41, 5.74) is -1.49. The van der Waals surface area contributed by atoms with Gasteiger partial charge in [-0.1, -0.05) is 23.2 Å². The molecular weight excluding hydrogens is 487 g/mol. The molecule has 0 fully saturated rings. The zero-order valence-corrected chi connectivity index (χ0v) is 16.7. The molecule has 0 saturated carbocycles. The predicted molar refractivity (Wildman–Crippen MR) is 102 cm³/mol. The molecule has 1 aromatic carbocycles. The first-order valence-corrected chi connectivity index (χ1v) is 8.70. The van der Waals surface area contributed by atoms with Crippen molar-refractivity contribution in [1.82, 2.24) is 4.57 Å². The van der Waals surface area contributed by atoms with Gasteiger partial charge in [0.2, 0.25) is 0 Å². The highest BCUT2D eigenvalue weighted by molar-refractivity contribution is 6.37. The van der Waals surface area contributed by atoms with Gasteiger partial charge in [-0.15, -0.1) is 0 Å². The van der Waals surface area contributed by atoms with Gasteiger partial charge in [-0.05, 0) is 12.1 Å². The molecule has 0 aliphatic heterocycles. The van der Waals surface area contributed by atoms with Gasteiger partial charge in [-0.2, -0.15) is 36.9 Å². The summed E-state index contributed by atoms with van der Waals surface area (Å²) in [5, 5.41) is 16.3. The Kier molecular flexibility index (Phi) is 6.93. The summed E-state index contributed by atoms with van der Waals surface area (Å²) in [6.07, 6.45) is -8.79. The van der Waals surface area contributed by atoms with Crippen molar-refractivity contribution in [1.29, 1.82) is 10.5 Å². The van der Waals surface area contributed by atoms with E-state index in [-0.39, 0.29) is 6.07 Å². The molecule has 2 rings (SSSR count). The molecule has 0 aliphatic rings. The van der Waals surface area contributed by atoms with E-state index in [9.17, 15) is 31.1 Å². The first kappa shape index (κ1) is 24.8. The summed E-state index contributed by atoms with van der Waals surface area (Å²) in [6, 6.07) is 3.85. The highest BCUT2D eigenvalue weighted by Gasteiger charge is 2.35. The molecule has 1 heterocycles. The van der Waals surface area contributed by atoms with Gasteiger partial charge >= 0.3 is 12.4 Å². The fourth-order valence-electron chi connectivity index (χ4n) is 2.38. The van der Waals surface area contributed by atoms with E-state index in [0.717, 1.165) is 0 Å². The summed E-state index contributed by atoms with van der Waals surface area (Å²) in [5.74, 6) is 0. The van der Waals surface area contributed by atoms with E-state index in [0.29, 0.717) is 29.1 Å². The average molecular weight is 494 g/mol. The summed E-state index contributed by atoms with van der Waals surface area (Å²) in [6.45, 7) is 0. The Bertz CT molecular complexity index is 1260. The topological polar surface area (TPSA) is 108 Å². The molecule has 2 aromatic rings. The molecule has 0 bridgehead atoms. The lowest BCUT2D eigenvalue weighted by molar-refractivity contribution is -0.138. The second kappa shape index (κ2) is 8.94. The van der Waals surface area contributed by atoms with Gasteiger partial charge in [0.1, 0.15) is 17.8 Å². The number of alkyl halides is 6. The minimum absolute atomic E-state index is 0.148. The first-order chi connectivity index (χ1) is 14.7. The van der Waals surface area contributed by atoms with E-state index in [2.05, 4.69) is 4.99 Å². The van der Waals surface area contributed by atoms with E-state index in [1.807, 2.05) is 0 Å². The Labute approximate surface area is 185 Å². The van der Waals surface area contributed by atoms with Gasteiger partial charge in [0.15, 0.2) is 5.70 Å². The van der Waals surface area contributed by atoms with Crippen LogP contribution in [0.25, 0.3) is 5.69 Å². The fourth-order valence-corrected chi connectivity index (χ4v) is 3.05. The van der Waals surface area contributed by atoms with Gasteiger partial charge in [-0.25, -0.2) is 4.99 Å². The summed E-state index contributed by atoms with van der Waals surface area (Å²) in [4.78, 5) is 15.8. The van der Waals surface area contributed by atoms with Crippen molar-refractivity contribution in [2.24, 2.45) is 10.7 Å². The highest BCUT2D eigenvalue weighted by Crippen LogP contribution is 2.38. The third-order valence-corrected chi connectivity index (χ3v) is 4.37. The number of nitriles is 2. The van der Waals surface area contributed by atoms with E-state index in [1.54, 1.807) is 0 Å². The van der Waals surface area contributed by atoms with E-state index in [1.165, 1.54) is 12.1 Å². The summed E-state index contributed by atoms with van der Waals surface area (Å²) in [7, 11) is 0. The molecule has 14 heteroatoms. The van der Waals surface area contributed by atoms with Crippen molar-refractivity contribution in [2.45, 2.75) is 12.4 Å². The molecule has 0 atom stereocenters. The van der Waals surface area contributed by atoms with E-state index >= 15 is 0 Å². The smallest absolute Gasteiger partial charge is 0.388 e. The molecule has 0 unspecified atom stereocenters. The second-order valence-corrected chi connectivity index (χ2v) is 6.69. The van der Waals surface area contributed by atoms with Gasteiger partial charge in [-0.3, -0.25) is 9.36 Å². The zero-order chi connectivity index (χ0) is 24.4. The maximum absolute atomic E-state index is 13.4. The molecule has 6 nitrogen and oxygen atoms in total. The van der Waals surface area contributed by atoms with Crippen LogP contribution in [0.15, 0.2) is 45.6 Å². The second-order valence-electron chi connectivity index (χ2n) is 5.88. The summed E-state index contributed by atoms with van der Waals surface area (Å²) >= 11 is 11.7. The van der Waals surface area contributed by atoms with Gasteiger partial charge in [0.05, 0.1) is 26.9 Å². The standard InChI is InChI=1S/C18H7Cl2F6N5O/c19-11-1-9(17(21,22)23)2-12(20)16(11)31-7-8(6-30-14(5-28)13(29)4-27)10(3-15(31)32)18(24,25)26/h1-3,6-7H,29H2/b14-13-,30-6+. The van der Waals surface area contributed by atoms with Crippen LogP contribution < -0.4 is 11.3 Å². The molecule has 0 aliphatic carbocycles. The molecule has 0 radical (unpaired) electrons. The molecule has 166 valence electrons. The van der Waals surface area contributed by atoms with Crippen LogP contribution in [0.5, 0.6) is 0 Å². The molecule has 32 heavy (non-hydrogen) atoms. The molecule has 0 spiro atoms. The van der Waals surface area contributed by atoms with Crippen LogP contribution in [0, 0.1) is 22.7 Å². The van der Waals surface area contributed by atoms with Crippen LogP contribution in [0.1, 0.15) is 16.7 Å². The number of benzene rings is 1. The molecule has 1 aromatic heterocycles. The number of pyridine rings is 1. The van der Waals surface area contributed by atoms with Crippen molar-refractivity contribution in [3.63, 3.8) is 0 Å². The van der Waals surface area contributed by atoms with Gasteiger partial charge in [0.25, 0.3) is 5.56 Å². The third kappa shape index (κ3) is 5.22. The van der Waals surface area contributed by atoms with Crippen molar-refractivity contribution >= 4 is 29.4 Å². The highest BCUT2D eigenvalue weighted by atomic mass is 35.5. The number of nitrogens with two attached hydrogens (primary N) is 1. The van der Waals surface area contributed by atoms with Crippen LogP contribution in [0.2, 0.25) is 10.0 Å². The number of nitrogens with zero attached hydrogens (tertiary/aromatic N) is 4. The lowest BCUT2D eigenvalue weighted by Crippen LogP contribution is -2.23. The SMILES string of the molecule is N#C/C(N)=C(C#N)/N=C/c1cn(-c2c(Cl)cc(C(F)(F)F)cc2Cl)c(=O)cc1C(F)(F)F. The number of hydrogen-bond acceptors (Lipinski definition) is 5. The number of allylic oxidation sites excluding steroid dienone is 2. The largest absolute Gasteiger partial charge is 0.417 e. The summed E-state index contributed by atoms with van der Waals surface area (Å²) < 4.78 is 79.4. The molecular formula is C18H7Cl2F6N5O. The maximum atomic E-state index is 13.4. The van der Waals surface area contributed by atoms with Crippen LogP contribution in [-0.2, 0) is 12.4 Å². The Morgan fingerprint density at radius 1 is 1.03 bits per heavy atom. The Morgan fingerprint density at radius 2 is 1.59 bits per heavy atom. The van der Waals surface area contributed by atoms with Crippen LogP contribution >= 0.6 is 23.2 Å². The lowest BCUT2D eigenvalue weighted by Gasteiger charge is -2.16.